The SMILES string of the molecule is CCNC(=NCc1ccc(N2CC(C)OC(C)C2)nc1)NC(C)c1ccc(C)c(F)c1. The van der Waals surface area contributed by atoms with Crippen LogP contribution in [-0.4, -0.2) is 42.8 Å². The lowest BCUT2D eigenvalue weighted by Gasteiger charge is -2.36. The Bertz CT molecular complexity index is 876. The number of anilines is 1. The highest BCUT2D eigenvalue weighted by Gasteiger charge is 2.23. The minimum absolute atomic E-state index is 0.0706. The van der Waals surface area contributed by atoms with Crippen molar-refractivity contribution in [1.29, 1.82) is 0 Å². The van der Waals surface area contributed by atoms with Gasteiger partial charge in [-0.15, -0.1) is 0 Å². The molecule has 0 amide bonds. The number of aliphatic imine (C=N–C) groups is 1. The minimum Gasteiger partial charge on any atom is -0.372 e. The molecule has 1 aromatic carbocycles. The van der Waals surface area contributed by atoms with Crippen LogP contribution in [0.1, 0.15) is 50.4 Å². The Morgan fingerprint density at radius 1 is 1.26 bits per heavy atom. The molecule has 3 unspecified atom stereocenters. The van der Waals surface area contributed by atoms with E-state index in [4.69, 9.17) is 4.74 Å². The second-order valence-corrected chi connectivity index (χ2v) is 8.26. The van der Waals surface area contributed by atoms with Crippen LogP contribution in [0.4, 0.5) is 10.2 Å². The summed E-state index contributed by atoms with van der Waals surface area (Å²) in [7, 11) is 0. The van der Waals surface area contributed by atoms with E-state index in [2.05, 4.69) is 45.4 Å². The molecule has 7 heteroatoms. The number of aryl methyl sites for hydroxylation is 1. The number of nitrogens with one attached hydrogen (secondary N) is 2. The van der Waals surface area contributed by atoms with Gasteiger partial charge in [-0.05, 0) is 63.4 Å². The number of nitrogens with zero attached hydrogens (tertiary/aromatic N) is 3. The van der Waals surface area contributed by atoms with E-state index in [9.17, 15) is 4.39 Å². The van der Waals surface area contributed by atoms with Crippen molar-refractivity contribution in [2.45, 2.75) is 59.4 Å². The molecule has 2 aromatic rings. The summed E-state index contributed by atoms with van der Waals surface area (Å²) >= 11 is 0. The predicted octanol–water partition coefficient (Wildman–Crippen LogP) is 3.96. The van der Waals surface area contributed by atoms with Crippen molar-refractivity contribution < 1.29 is 9.13 Å². The monoisotopic (exact) mass is 427 g/mol. The Morgan fingerprint density at radius 2 is 2.00 bits per heavy atom. The molecule has 0 spiro atoms. The van der Waals surface area contributed by atoms with Gasteiger partial charge in [-0.25, -0.2) is 14.4 Å². The molecule has 0 radical (unpaired) electrons. The van der Waals surface area contributed by atoms with Crippen molar-refractivity contribution in [3.8, 4) is 0 Å². The van der Waals surface area contributed by atoms with Gasteiger partial charge in [0, 0.05) is 25.8 Å². The van der Waals surface area contributed by atoms with Crippen LogP contribution in [0.2, 0.25) is 0 Å². The molecule has 3 rings (SSSR count). The van der Waals surface area contributed by atoms with Crippen molar-refractivity contribution in [1.82, 2.24) is 15.6 Å². The van der Waals surface area contributed by atoms with Crippen LogP contribution in [0.15, 0.2) is 41.5 Å². The second kappa shape index (κ2) is 10.6. The van der Waals surface area contributed by atoms with E-state index in [-0.39, 0.29) is 24.1 Å². The number of halogens is 1. The highest BCUT2D eigenvalue weighted by Crippen LogP contribution is 2.19. The number of ether oxygens (including phenoxy) is 1. The fraction of sp³-hybridized carbons (Fsp3) is 0.500. The lowest BCUT2D eigenvalue weighted by atomic mass is 10.1. The van der Waals surface area contributed by atoms with Crippen molar-refractivity contribution >= 4 is 11.8 Å². The predicted molar refractivity (Wildman–Crippen MR) is 124 cm³/mol. The molecule has 31 heavy (non-hydrogen) atoms. The molecule has 1 aromatic heterocycles. The van der Waals surface area contributed by atoms with E-state index < -0.39 is 0 Å². The fourth-order valence-corrected chi connectivity index (χ4v) is 3.72. The number of morpholine rings is 1. The summed E-state index contributed by atoms with van der Waals surface area (Å²) < 4.78 is 19.7. The fourth-order valence-electron chi connectivity index (χ4n) is 3.72. The van der Waals surface area contributed by atoms with E-state index in [0.29, 0.717) is 18.1 Å². The summed E-state index contributed by atoms with van der Waals surface area (Å²) in [5.74, 6) is 1.47. The third-order valence-electron chi connectivity index (χ3n) is 5.37. The molecule has 168 valence electrons. The lowest BCUT2D eigenvalue weighted by Crippen LogP contribution is -2.45. The number of hydrogen-bond donors (Lipinski definition) is 2. The maximum atomic E-state index is 13.9. The van der Waals surface area contributed by atoms with Gasteiger partial charge in [0.15, 0.2) is 5.96 Å². The van der Waals surface area contributed by atoms with Gasteiger partial charge in [0.1, 0.15) is 11.6 Å². The molecule has 1 fully saturated rings. The summed E-state index contributed by atoms with van der Waals surface area (Å²) in [5.41, 5.74) is 2.56. The Balaban J connectivity index is 1.63. The zero-order valence-corrected chi connectivity index (χ0v) is 19.2. The van der Waals surface area contributed by atoms with Crippen LogP contribution in [0.3, 0.4) is 0 Å². The number of rotatable bonds is 6. The average Bonchev–Trinajstić information content (AvgIpc) is 2.73. The highest BCUT2D eigenvalue weighted by molar-refractivity contribution is 5.80. The molecule has 1 aliphatic rings. The quantitative estimate of drug-likeness (QED) is 0.540. The van der Waals surface area contributed by atoms with E-state index in [0.717, 1.165) is 36.6 Å². The number of benzene rings is 1. The second-order valence-electron chi connectivity index (χ2n) is 8.26. The van der Waals surface area contributed by atoms with Crippen LogP contribution >= 0.6 is 0 Å². The first-order chi connectivity index (χ1) is 14.9. The molecule has 0 bridgehead atoms. The van der Waals surface area contributed by atoms with Gasteiger partial charge in [-0.1, -0.05) is 18.2 Å². The van der Waals surface area contributed by atoms with E-state index >= 15 is 0 Å². The van der Waals surface area contributed by atoms with E-state index in [1.165, 1.54) is 0 Å². The zero-order chi connectivity index (χ0) is 22.4. The van der Waals surface area contributed by atoms with Crippen LogP contribution < -0.4 is 15.5 Å². The van der Waals surface area contributed by atoms with Gasteiger partial charge in [0.05, 0.1) is 24.8 Å². The molecule has 0 aliphatic carbocycles. The van der Waals surface area contributed by atoms with Gasteiger partial charge in [-0.2, -0.15) is 0 Å². The Kier molecular flexibility index (Phi) is 7.85. The van der Waals surface area contributed by atoms with Gasteiger partial charge in [-0.3, -0.25) is 0 Å². The molecular formula is C24H34FN5O. The molecule has 2 N–H and O–H groups in total. The van der Waals surface area contributed by atoms with Crippen molar-refractivity contribution in [2.75, 3.05) is 24.5 Å². The third kappa shape index (κ3) is 6.40. The molecule has 0 saturated carbocycles. The van der Waals surface area contributed by atoms with Crippen molar-refractivity contribution in [2.24, 2.45) is 4.99 Å². The third-order valence-corrected chi connectivity index (χ3v) is 5.37. The first-order valence-electron chi connectivity index (χ1n) is 11.0. The maximum Gasteiger partial charge on any atom is 0.192 e. The van der Waals surface area contributed by atoms with Gasteiger partial charge in [0.2, 0.25) is 0 Å². The Labute approximate surface area is 184 Å². The first-order valence-corrected chi connectivity index (χ1v) is 11.0. The summed E-state index contributed by atoms with van der Waals surface area (Å²) in [4.78, 5) is 11.6. The standard InChI is InChI=1S/C24H34FN5O/c1-6-26-24(29-19(5)21-9-7-16(2)22(25)11-21)28-13-20-8-10-23(27-12-20)30-14-17(3)31-18(4)15-30/h7-12,17-19H,6,13-15H2,1-5H3,(H2,26,28,29). The number of aromatic nitrogens is 1. The molecular weight excluding hydrogens is 393 g/mol. The van der Waals surface area contributed by atoms with E-state index in [1.807, 2.05) is 32.2 Å². The highest BCUT2D eigenvalue weighted by atomic mass is 19.1. The number of pyridine rings is 1. The average molecular weight is 428 g/mol. The lowest BCUT2D eigenvalue weighted by molar-refractivity contribution is -0.00545. The number of hydrogen-bond acceptors (Lipinski definition) is 4. The smallest absolute Gasteiger partial charge is 0.192 e. The zero-order valence-electron chi connectivity index (χ0n) is 19.2. The summed E-state index contributed by atoms with van der Waals surface area (Å²) in [5, 5.41) is 6.61. The normalized spacial score (nSPS) is 20.5. The van der Waals surface area contributed by atoms with Crippen LogP contribution in [0.25, 0.3) is 0 Å². The summed E-state index contributed by atoms with van der Waals surface area (Å²) in [6.07, 6.45) is 2.28. The molecule has 1 saturated heterocycles. The molecule has 6 nitrogen and oxygen atoms in total. The first kappa shape index (κ1) is 23.0. The summed E-state index contributed by atoms with van der Waals surface area (Å²) in [6.45, 7) is 12.9. The Hall–Kier alpha value is -2.67. The van der Waals surface area contributed by atoms with Crippen molar-refractivity contribution in [3.63, 3.8) is 0 Å². The minimum atomic E-state index is -0.191. The maximum absolute atomic E-state index is 13.9. The van der Waals surface area contributed by atoms with Crippen LogP contribution in [0, 0.1) is 12.7 Å². The van der Waals surface area contributed by atoms with Crippen LogP contribution in [0.5, 0.6) is 0 Å². The largest absolute Gasteiger partial charge is 0.372 e. The summed E-state index contributed by atoms with van der Waals surface area (Å²) in [6, 6.07) is 9.36. The number of guanidine groups is 1. The van der Waals surface area contributed by atoms with Gasteiger partial charge in [0.25, 0.3) is 0 Å². The molecule has 1 aliphatic heterocycles. The van der Waals surface area contributed by atoms with Gasteiger partial charge >= 0.3 is 0 Å². The van der Waals surface area contributed by atoms with Crippen LogP contribution in [-0.2, 0) is 11.3 Å². The van der Waals surface area contributed by atoms with Crippen molar-refractivity contribution in [3.05, 3.63) is 59.0 Å². The molecule has 2 heterocycles. The molecule has 3 atom stereocenters. The van der Waals surface area contributed by atoms with Gasteiger partial charge < -0.3 is 20.3 Å². The Morgan fingerprint density at radius 3 is 2.61 bits per heavy atom. The topological polar surface area (TPSA) is 61.8 Å². The van der Waals surface area contributed by atoms with E-state index in [1.54, 1.807) is 19.1 Å².